The molecule has 0 aliphatic carbocycles. The van der Waals surface area contributed by atoms with Crippen LogP contribution >= 0.6 is 0 Å². The highest BCUT2D eigenvalue weighted by Crippen LogP contribution is 2.28. The van der Waals surface area contributed by atoms with Crippen LogP contribution in [0.2, 0.25) is 0 Å². The Morgan fingerprint density at radius 1 is 0.829 bits per heavy atom. The van der Waals surface area contributed by atoms with Gasteiger partial charge >= 0.3 is 11.9 Å². The molecule has 0 bridgehead atoms. The number of rotatable bonds is 11. The van der Waals surface area contributed by atoms with Crippen LogP contribution in [-0.2, 0) is 16.1 Å². The summed E-state index contributed by atoms with van der Waals surface area (Å²) in [7, 11) is 2.75. The van der Waals surface area contributed by atoms with E-state index in [1.165, 1.54) is 32.4 Å². The number of carbonyl (C=O) groups excluding carboxylic acids is 2. The SMILES string of the molecule is COC(=O)c1ccc(COc2ccc(C=CC(=O)c3ccc(OCC(=O)O)c(OC)c3)cc2)cc1. The second-order valence-corrected chi connectivity index (χ2v) is 7.29. The fourth-order valence-electron chi connectivity index (χ4n) is 3.04. The van der Waals surface area contributed by atoms with Crippen LogP contribution in [0.25, 0.3) is 6.08 Å². The molecule has 0 heterocycles. The Kier molecular flexibility index (Phi) is 8.61. The zero-order valence-electron chi connectivity index (χ0n) is 19.2. The summed E-state index contributed by atoms with van der Waals surface area (Å²) in [4.78, 5) is 34.7. The molecule has 180 valence electrons. The van der Waals surface area contributed by atoms with E-state index in [1.807, 2.05) is 12.1 Å². The van der Waals surface area contributed by atoms with Gasteiger partial charge in [0.1, 0.15) is 12.4 Å². The Balaban J connectivity index is 1.57. The summed E-state index contributed by atoms with van der Waals surface area (Å²) < 4.78 is 20.8. The van der Waals surface area contributed by atoms with Crippen LogP contribution in [0.1, 0.15) is 31.8 Å². The number of methoxy groups -OCH3 is 2. The lowest BCUT2D eigenvalue weighted by Crippen LogP contribution is -2.10. The fraction of sp³-hybridized carbons (Fsp3) is 0.148. The maximum absolute atomic E-state index is 12.5. The molecule has 1 N–H and O–H groups in total. The maximum atomic E-state index is 12.5. The van der Waals surface area contributed by atoms with Crippen LogP contribution in [0, 0.1) is 0 Å². The zero-order valence-corrected chi connectivity index (χ0v) is 19.2. The van der Waals surface area contributed by atoms with E-state index in [0.717, 1.165) is 11.1 Å². The first-order valence-electron chi connectivity index (χ1n) is 10.5. The van der Waals surface area contributed by atoms with Crippen molar-refractivity contribution in [1.82, 2.24) is 0 Å². The first kappa shape index (κ1) is 25.0. The van der Waals surface area contributed by atoms with Crippen molar-refractivity contribution < 1.29 is 38.4 Å². The summed E-state index contributed by atoms with van der Waals surface area (Å²) in [6.07, 6.45) is 3.12. The minimum Gasteiger partial charge on any atom is -0.493 e. The van der Waals surface area contributed by atoms with Gasteiger partial charge < -0.3 is 24.1 Å². The van der Waals surface area contributed by atoms with Crippen LogP contribution < -0.4 is 14.2 Å². The highest BCUT2D eigenvalue weighted by atomic mass is 16.5. The molecule has 0 fully saturated rings. The largest absolute Gasteiger partial charge is 0.493 e. The van der Waals surface area contributed by atoms with E-state index in [0.29, 0.717) is 23.5 Å². The smallest absolute Gasteiger partial charge is 0.341 e. The molecule has 0 atom stereocenters. The van der Waals surface area contributed by atoms with Crippen molar-refractivity contribution in [3.05, 3.63) is 95.1 Å². The van der Waals surface area contributed by atoms with E-state index >= 15 is 0 Å². The highest BCUT2D eigenvalue weighted by molar-refractivity contribution is 6.07. The molecule has 0 spiro atoms. The van der Waals surface area contributed by atoms with Crippen molar-refractivity contribution in [1.29, 1.82) is 0 Å². The lowest BCUT2D eigenvalue weighted by Gasteiger charge is -2.10. The molecule has 3 aromatic carbocycles. The van der Waals surface area contributed by atoms with Crippen molar-refractivity contribution in [2.45, 2.75) is 6.61 Å². The van der Waals surface area contributed by atoms with Crippen LogP contribution in [0.4, 0.5) is 0 Å². The van der Waals surface area contributed by atoms with Gasteiger partial charge in [-0.15, -0.1) is 0 Å². The van der Waals surface area contributed by atoms with Gasteiger partial charge in [-0.2, -0.15) is 0 Å². The van der Waals surface area contributed by atoms with Crippen LogP contribution in [0.15, 0.2) is 72.8 Å². The van der Waals surface area contributed by atoms with Crippen molar-refractivity contribution in [2.24, 2.45) is 0 Å². The average molecular weight is 476 g/mol. The average Bonchev–Trinajstić information content (AvgIpc) is 2.89. The van der Waals surface area contributed by atoms with Crippen molar-refractivity contribution in [3.8, 4) is 17.2 Å². The molecule has 0 saturated carbocycles. The monoisotopic (exact) mass is 476 g/mol. The van der Waals surface area contributed by atoms with E-state index in [4.69, 9.17) is 19.3 Å². The minimum absolute atomic E-state index is 0.241. The number of carboxylic acids is 1. The number of ether oxygens (including phenoxy) is 4. The molecule has 0 aromatic heterocycles. The Bertz CT molecular complexity index is 1210. The topological polar surface area (TPSA) is 108 Å². The predicted molar refractivity (Wildman–Crippen MR) is 128 cm³/mol. The van der Waals surface area contributed by atoms with Gasteiger partial charge in [-0.05, 0) is 59.7 Å². The van der Waals surface area contributed by atoms with Gasteiger partial charge in [0, 0.05) is 5.56 Å². The summed E-state index contributed by atoms with van der Waals surface area (Å²) >= 11 is 0. The first-order chi connectivity index (χ1) is 16.9. The number of hydrogen-bond donors (Lipinski definition) is 1. The molecule has 3 aromatic rings. The molecule has 0 radical (unpaired) electrons. The Morgan fingerprint density at radius 3 is 2.14 bits per heavy atom. The van der Waals surface area contributed by atoms with Gasteiger partial charge in [-0.1, -0.05) is 30.3 Å². The molecule has 0 saturated heterocycles. The summed E-state index contributed by atoms with van der Waals surface area (Å²) in [5.74, 6) is -0.574. The number of hydrogen-bond acceptors (Lipinski definition) is 7. The van der Waals surface area contributed by atoms with Gasteiger partial charge in [0.15, 0.2) is 23.9 Å². The molecule has 3 rings (SSSR count). The standard InChI is InChI=1S/C27H24O8/c1-32-25-15-21(10-14-24(25)35-17-26(29)30)23(28)13-7-18-5-11-22(12-6-18)34-16-19-3-8-20(9-4-19)27(31)33-2/h3-15H,16-17H2,1-2H3,(H,29,30). The van der Waals surface area contributed by atoms with Gasteiger partial charge in [-0.3, -0.25) is 4.79 Å². The summed E-state index contributed by atoms with van der Waals surface area (Å²) in [6, 6.07) is 18.7. The predicted octanol–water partition coefficient (Wildman–Crippen LogP) is 4.42. The molecule has 0 aliphatic heterocycles. The summed E-state index contributed by atoms with van der Waals surface area (Å²) in [6.45, 7) is -0.173. The second kappa shape index (κ2) is 12.0. The number of esters is 1. The van der Waals surface area contributed by atoms with Crippen LogP contribution in [0.3, 0.4) is 0 Å². The quantitative estimate of drug-likeness (QED) is 0.246. The van der Waals surface area contributed by atoms with E-state index in [-0.39, 0.29) is 23.3 Å². The number of carboxylic acid groups (broad SMARTS) is 1. The fourth-order valence-corrected chi connectivity index (χ4v) is 3.04. The Morgan fingerprint density at radius 2 is 1.51 bits per heavy atom. The normalized spacial score (nSPS) is 10.6. The lowest BCUT2D eigenvalue weighted by atomic mass is 10.1. The maximum Gasteiger partial charge on any atom is 0.341 e. The molecule has 0 unspecified atom stereocenters. The van der Waals surface area contributed by atoms with Crippen molar-refractivity contribution >= 4 is 23.8 Å². The molecule has 0 amide bonds. The van der Waals surface area contributed by atoms with Crippen molar-refractivity contribution in [3.63, 3.8) is 0 Å². The van der Waals surface area contributed by atoms with Crippen LogP contribution in [0.5, 0.6) is 17.2 Å². The van der Waals surface area contributed by atoms with Gasteiger partial charge in [0.05, 0.1) is 19.8 Å². The van der Waals surface area contributed by atoms with Gasteiger partial charge in [-0.25, -0.2) is 9.59 Å². The molecular formula is C27H24O8. The number of ketones is 1. The summed E-state index contributed by atoms with van der Waals surface area (Å²) in [5.41, 5.74) is 2.56. The molecule has 0 aliphatic rings. The highest BCUT2D eigenvalue weighted by Gasteiger charge is 2.11. The van der Waals surface area contributed by atoms with E-state index < -0.39 is 12.6 Å². The number of aliphatic carboxylic acids is 1. The van der Waals surface area contributed by atoms with Gasteiger partial charge in [0.25, 0.3) is 0 Å². The first-order valence-corrected chi connectivity index (χ1v) is 10.5. The van der Waals surface area contributed by atoms with E-state index in [9.17, 15) is 14.4 Å². The molecular weight excluding hydrogens is 452 g/mol. The van der Waals surface area contributed by atoms with Crippen LogP contribution in [-0.4, -0.2) is 43.7 Å². The summed E-state index contributed by atoms with van der Waals surface area (Å²) in [5, 5.41) is 8.74. The lowest BCUT2D eigenvalue weighted by molar-refractivity contribution is -0.139. The van der Waals surface area contributed by atoms with Gasteiger partial charge in [0.2, 0.25) is 0 Å². The number of benzene rings is 3. The zero-order chi connectivity index (χ0) is 25.2. The van der Waals surface area contributed by atoms with Crippen molar-refractivity contribution in [2.75, 3.05) is 20.8 Å². The molecule has 8 nitrogen and oxygen atoms in total. The second-order valence-electron chi connectivity index (χ2n) is 7.29. The molecule has 8 heteroatoms. The number of carbonyl (C=O) groups is 3. The Hall–Kier alpha value is -4.59. The Labute approximate surface area is 202 Å². The van der Waals surface area contributed by atoms with E-state index in [1.54, 1.807) is 48.5 Å². The minimum atomic E-state index is -1.11. The third-order valence-electron chi connectivity index (χ3n) is 4.89. The number of allylic oxidation sites excluding steroid dienone is 1. The third-order valence-corrected chi connectivity index (χ3v) is 4.89. The van der Waals surface area contributed by atoms with E-state index in [2.05, 4.69) is 4.74 Å². The molecule has 35 heavy (non-hydrogen) atoms. The third kappa shape index (κ3) is 7.20.